The van der Waals surface area contributed by atoms with Crippen LogP contribution in [0.4, 0.5) is 5.69 Å². The van der Waals surface area contributed by atoms with Crippen LogP contribution in [0, 0.1) is 0 Å². The lowest BCUT2D eigenvalue weighted by molar-refractivity contribution is -0.0117. The normalized spacial score (nSPS) is 19.4. The van der Waals surface area contributed by atoms with Crippen molar-refractivity contribution in [2.75, 3.05) is 18.9 Å². The number of aromatic nitrogens is 1. The molecule has 0 bridgehead atoms. The van der Waals surface area contributed by atoms with Gasteiger partial charge in [0.2, 0.25) is 5.88 Å². The van der Waals surface area contributed by atoms with Gasteiger partial charge in [-0.3, -0.25) is 0 Å². The summed E-state index contributed by atoms with van der Waals surface area (Å²) >= 11 is 0. The molecule has 0 aromatic carbocycles. The predicted octanol–water partition coefficient (Wildman–Crippen LogP) is 1.31. The van der Waals surface area contributed by atoms with Crippen LogP contribution in [0.1, 0.15) is 29.6 Å². The highest BCUT2D eigenvalue weighted by Gasteiger charge is 2.16. The van der Waals surface area contributed by atoms with Crippen LogP contribution in [0.25, 0.3) is 0 Å². The summed E-state index contributed by atoms with van der Waals surface area (Å²) in [5, 5.41) is 8.78. The number of nitrogens with two attached hydrogens (primary N) is 1. The second-order valence-electron chi connectivity index (χ2n) is 4.22. The maximum Gasteiger partial charge on any atom is 0.337 e. The van der Waals surface area contributed by atoms with Crippen molar-refractivity contribution in [2.24, 2.45) is 0 Å². The molecule has 1 aliphatic rings. The van der Waals surface area contributed by atoms with E-state index in [1.54, 1.807) is 0 Å². The van der Waals surface area contributed by atoms with E-state index in [0.29, 0.717) is 6.61 Å². The molecule has 3 N–H and O–H groups in total. The molecule has 1 saturated heterocycles. The maximum atomic E-state index is 10.7. The number of pyridine rings is 1. The van der Waals surface area contributed by atoms with Gasteiger partial charge in [-0.1, -0.05) is 0 Å². The van der Waals surface area contributed by atoms with E-state index < -0.39 is 5.97 Å². The molecule has 0 aliphatic carbocycles. The summed E-state index contributed by atoms with van der Waals surface area (Å²) in [6.07, 6.45) is 4.49. The second kappa shape index (κ2) is 5.68. The number of hydrogen-bond acceptors (Lipinski definition) is 5. The number of anilines is 1. The number of nitrogen functional groups attached to an aromatic ring is 1. The Kier molecular flexibility index (Phi) is 3.99. The molecule has 1 fully saturated rings. The first-order valence-electron chi connectivity index (χ1n) is 5.90. The van der Waals surface area contributed by atoms with Gasteiger partial charge < -0.3 is 20.3 Å². The standard InChI is InChI=1S/C12H16N2O4/c13-10-5-8(12(15)16)6-14-11(10)18-7-9-3-1-2-4-17-9/h5-6,9H,1-4,7,13H2,(H,15,16). The Balaban J connectivity index is 1.94. The molecule has 0 spiro atoms. The van der Waals surface area contributed by atoms with Crippen molar-refractivity contribution >= 4 is 11.7 Å². The van der Waals surface area contributed by atoms with Crippen LogP contribution in [0.2, 0.25) is 0 Å². The number of carbonyl (C=O) groups is 1. The molecule has 6 heteroatoms. The highest BCUT2D eigenvalue weighted by molar-refractivity contribution is 5.88. The van der Waals surface area contributed by atoms with Crippen molar-refractivity contribution in [2.45, 2.75) is 25.4 Å². The van der Waals surface area contributed by atoms with Crippen LogP contribution in [-0.2, 0) is 4.74 Å². The van der Waals surface area contributed by atoms with E-state index in [1.165, 1.54) is 12.3 Å². The van der Waals surface area contributed by atoms with Crippen molar-refractivity contribution in [3.8, 4) is 5.88 Å². The van der Waals surface area contributed by atoms with E-state index in [2.05, 4.69) is 4.98 Å². The molecule has 2 rings (SSSR count). The number of carboxylic acid groups (broad SMARTS) is 1. The van der Waals surface area contributed by atoms with Gasteiger partial charge >= 0.3 is 5.97 Å². The summed E-state index contributed by atoms with van der Waals surface area (Å²) in [6.45, 7) is 1.15. The summed E-state index contributed by atoms with van der Waals surface area (Å²) in [5.41, 5.74) is 5.96. The smallest absolute Gasteiger partial charge is 0.337 e. The van der Waals surface area contributed by atoms with Crippen LogP contribution in [0.3, 0.4) is 0 Å². The quantitative estimate of drug-likeness (QED) is 0.839. The fourth-order valence-electron chi connectivity index (χ4n) is 1.82. The van der Waals surface area contributed by atoms with E-state index >= 15 is 0 Å². The van der Waals surface area contributed by atoms with Gasteiger partial charge in [0, 0.05) is 12.8 Å². The molecule has 6 nitrogen and oxygen atoms in total. The Morgan fingerprint density at radius 2 is 2.44 bits per heavy atom. The minimum Gasteiger partial charge on any atom is -0.478 e. The summed E-state index contributed by atoms with van der Waals surface area (Å²) in [7, 11) is 0. The Bertz CT molecular complexity index is 430. The van der Waals surface area contributed by atoms with Gasteiger partial charge in [0.15, 0.2) is 0 Å². The average molecular weight is 252 g/mol. The Hall–Kier alpha value is -1.82. The lowest BCUT2D eigenvalue weighted by atomic mass is 10.1. The highest BCUT2D eigenvalue weighted by Crippen LogP contribution is 2.20. The Labute approximate surface area is 105 Å². The van der Waals surface area contributed by atoms with Crippen LogP contribution in [-0.4, -0.2) is 35.4 Å². The Morgan fingerprint density at radius 1 is 1.61 bits per heavy atom. The summed E-state index contributed by atoms with van der Waals surface area (Å²) in [5.74, 6) is -0.800. The van der Waals surface area contributed by atoms with E-state index in [1.807, 2.05) is 0 Å². The van der Waals surface area contributed by atoms with Gasteiger partial charge in [-0.15, -0.1) is 0 Å². The third-order valence-electron chi connectivity index (χ3n) is 2.81. The van der Waals surface area contributed by atoms with Crippen LogP contribution in [0.15, 0.2) is 12.3 Å². The molecular weight excluding hydrogens is 236 g/mol. The van der Waals surface area contributed by atoms with Gasteiger partial charge in [0.25, 0.3) is 0 Å². The van der Waals surface area contributed by atoms with Gasteiger partial charge in [0.1, 0.15) is 6.61 Å². The fraction of sp³-hybridized carbons (Fsp3) is 0.500. The fourth-order valence-corrected chi connectivity index (χ4v) is 1.82. The van der Waals surface area contributed by atoms with Crippen molar-refractivity contribution in [1.82, 2.24) is 4.98 Å². The lowest BCUT2D eigenvalue weighted by Gasteiger charge is -2.22. The number of nitrogens with zero attached hydrogens (tertiary/aromatic N) is 1. The van der Waals surface area contributed by atoms with Crippen molar-refractivity contribution in [1.29, 1.82) is 0 Å². The van der Waals surface area contributed by atoms with Crippen LogP contribution < -0.4 is 10.5 Å². The molecule has 0 radical (unpaired) electrons. The highest BCUT2D eigenvalue weighted by atomic mass is 16.5. The average Bonchev–Trinajstić information content (AvgIpc) is 2.38. The summed E-state index contributed by atoms with van der Waals surface area (Å²) in [6, 6.07) is 1.34. The molecule has 1 aromatic rings. The van der Waals surface area contributed by atoms with Crippen molar-refractivity contribution < 1.29 is 19.4 Å². The largest absolute Gasteiger partial charge is 0.478 e. The van der Waals surface area contributed by atoms with Gasteiger partial charge in [-0.05, 0) is 25.3 Å². The number of aromatic carboxylic acids is 1. The molecule has 0 saturated carbocycles. The summed E-state index contributed by atoms with van der Waals surface area (Å²) < 4.78 is 11.0. The predicted molar refractivity (Wildman–Crippen MR) is 64.7 cm³/mol. The Morgan fingerprint density at radius 3 is 3.06 bits per heavy atom. The first kappa shape index (κ1) is 12.6. The molecule has 1 aliphatic heterocycles. The zero-order valence-corrected chi connectivity index (χ0v) is 9.96. The maximum absolute atomic E-state index is 10.7. The first-order valence-corrected chi connectivity index (χ1v) is 5.90. The van der Waals surface area contributed by atoms with Gasteiger partial charge in [-0.25, -0.2) is 9.78 Å². The molecule has 18 heavy (non-hydrogen) atoms. The summed E-state index contributed by atoms with van der Waals surface area (Å²) in [4.78, 5) is 14.6. The molecule has 1 aromatic heterocycles. The monoisotopic (exact) mass is 252 g/mol. The van der Waals surface area contributed by atoms with Crippen LogP contribution in [0.5, 0.6) is 5.88 Å². The minimum atomic E-state index is -1.06. The van der Waals surface area contributed by atoms with Crippen molar-refractivity contribution in [3.05, 3.63) is 17.8 Å². The molecule has 98 valence electrons. The van der Waals surface area contributed by atoms with Gasteiger partial charge in [0.05, 0.1) is 17.4 Å². The zero-order valence-electron chi connectivity index (χ0n) is 9.96. The van der Waals surface area contributed by atoms with Crippen molar-refractivity contribution in [3.63, 3.8) is 0 Å². The SMILES string of the molecule is Nc1cc(C(=O)O)cnc1OCC1CCCCO1. The van der Waals surface area contributed by atoms with Crippen LogP contribution >= 0.6 is 0 Å². The minimum absolute atomic E-state index is 0.0498. The molecule has 0 amide bonds. The first-order chi connectivity index (χ1) is 8.66. The number of rotatable bonds is 4. The number of carboxylic acids is 1. The molecule has 2 heterocycles. The topological polar surface area (TPSA) is 94.7 Å². The number of ether oxygens (including phenoxy) is 2. The third-order valence-corrected chi connectivity index (χ3v) is 2.81. The van der Waals surface area contributed by atoms with Gasteiger partial charge in [-0.2, -0.15) is 0 Å². The zero-order chi connectivity index (χ0) is 13.0. The molecule has 1 unspecified atom stereocenters. The van der Waals surface area contributed by atoms with E-state index in [-0.39, 0.29) is 23.2 Å². The second-order valence-corrected chi connectivity index (χ2v) is 4.22. The lowest BCUT2D eigenvalue weighted by Crippen LogP contribution is -2.26. The van der Waals surface area contributed by atoms with E-state index in [4.69, 9.17) is 20.3 Å². The molecular formula is C12H16N2O4. The number of hydrogen-bond donors (Lipinski definition) is 2. The van der Waals surface area contributed by atoms with E-state index in [9.17, 15) is 4.79 Å². The molecule has 1 atom stereocenters. The van der Waals surface area contributed by atoms with E-state index in [0.717, 1.165) is 25.9 Å². The third kappa shape index (κ3) is 3.10.